The van der Waals surface area contributed by atoms with Crippen molar-refractivity contribution < 1.29 is 27.9 Å². The summed E-state index contributed by atoms with van der Waals surface area (Å²) in [6.45, 7) is 1.78. The van der Waals surface area contributed by atoms with Crippen LogP contribution < -0.4 is 10.6 Å². The molecular formula is C20H13F3N4O3S. The van der Waals surface area contributed by atoms with E-state index in [1.807, 2.05) is 0 Å². The lowest BCUT2D eigenvalue weighted by atomic mass is 10.0. The minimum Gasteiger partial charge on any atom is -0.465 e. The Hall–Kier alpha value is -3.91. The van der Waals surface area contributed by atoms with Crippen molar-refractivity contribution in [2.45, 2.75) is 13.1 Å². The molecule has 11 heteroatoms. The monoisotopic (exact) mass is 446 g/mol. The Kier molecular flexibility index (Phi) is 6.22. The first-order chi connectivity index (χ1) is 14.6. The van der Waals surface area contributed by atoms with Crippen molar-refractivity contribution in [3.8, 4) is 11.8 Å². The van der Waals surface area contributed by atoms with Gasteiger partial charge in [-0.25, -0.2) is 14.8 Å². The maximum absolute atomic E-state index is 12.8. The number of aromatic nitrogens is 2. The van der Waals surface area contributed by atoms with Gasteiger partial charge in [0.1, 0.15) is 5.82 Å². The van der Waals surface area contributed by atoms with Crippen molar-refractivity contribution >= 4 is 34.3 Å². The van der Waals surface area contributed by atoms with Gasteiger partial charge in [-0.05, 0) is 42.7 Å². The van der Waals surface area contributed by atoms with E-state index >= 15 is 0 Å². The Morgan fingerprint density at radius 1 is 1.10 bits per heavy atom. The topological polar surface area (TPSA) is 104 Å². The molecule has 0 aliphatic carbocycles. The summed E-state index contributed by atoms with van der Waals surface area (Å²) in [5.74, 6) is 4.86. The van der Waals surface area contributed by atoms with Crippen LogP contribution >= 0.6 is 11.3 Å². The highest BCUT2D eigenvalue weighted by Gasteiger charge is 2.30. The fourth-order valence-electron chi connectivity index (χ4n) is 2.37. The van der Waals surface area contributed by atoms with Gasteiger partial charge in [0, 0.05) is 17.3 Å². The number of anilines is 2. The molecule has 0 bridgehead atoms. The van der Waals surface area contributed by atoms with Crippen LogP contribution in [0.1, 0.15) is 31.9 Å². The standard InChI is InChI=1S/C20H13F3N4O3S/c1-11-2-3-13(17(28)26-16-9-14(6-7-24-16)20(21,22)23)8-12(11)4-5-15-10-25-18(31-15)27-19(29)30/h2-3,6-10H,1H3,(H,25,27)(H,29,30)(H,24,26,28). The van der Waals surface area contributed by atoms with Crippen LogP contribution in [0.3, 0.4) is 0 Å². The van der Waals surface area contributed by atoms with Gasteiger partial charge in [-0.3, -0.25) is 10.1 Å². The number of pyridine rings is 1. The molecule has 0 unspecified atom stereocenters. The van der Waals surface area contributed by atoms with Gasteiger partial charge in [-0.2, -0.15) is 13.2 Å². The summed E-state index contributed by atoms with van der Waals surface area (Å²) < 4.78 is 38.5. The average molecular weight is 446 g/mol. The lowest BCUT2D eigenvalue weighted by Crippen LogP contribution is -2.14. The Balaban J connectivity index is 1.79. The first-order valence-electron chi connectivity index (χ1n) is 8.55. The van der Waals surface area contributed by atoms with Crippen molar-refractivity contribution in [2.75, 3.05) is 10.6 Å². The average Bonchev–Trinajstić information content (AvgIpc) is 3.13. The minimum absolute atomic E-state index is 0.176. The van der Waals surface area contributed by atoms with E-state index in [1.165, 1.54) is 18.3 Å². The molecule has 0 saturated heterocycles. The molecule has 3 rings (SSSR count). The van der Waals surface area contributed by atoms with Gasteiger partial charge in [-0.1, -0.05) is 23.3 Å². The number of carbonyl (C=O) groups is 2. The summed E-state index contributed by atoms with van der Waals surface area (Å²) in [6, 6.07) is 6.24. The summed E-state index contributed by atoms with van der Waals surface area (Å²) >= 11 is 1.05. The molecule has 1 aromatic carbocycles. The van der Waals surface area contributed by atoms with Crippen molar-refractivity contribution in [1.82, 2.24) is 9.97 Å². The number of thiazole rings is 1. The number of halogens is 3. The molecule has 0 fully saturated rings. The van der Waals surface area contributed by atoms with E-state index in [2.05, 4.69) is 32.4 Å². The minimum atomic E-state index is -4.55. The molecule has 0 atom stereocenters. The van der Waals surface area contributed by atoms with E-state index in [0.717, 1.165) is 35.2 Å². The van der Waals surface area contributed by atoms with Crippen LogP contribution in [0.4, 0.5) is 28.9 Å². The van der Waals surface area contributed by atoms with Gasteiger partial charge in [0.05, 0.1) is 16.6 Å². The second-order valence-corrected chi connectivity index (χ2v) is 7.15. The van der Waals surface area contributed by atoms with Crippen LogP contribution in [0.15, 0.2) is 42.7 Å². The highest BCUT2D eigenvalue weighted by atomic mass is 32.1. The van der Waals surface area contributed by atoms with Crippen LogP contribution in [0.5, 0.6) is 0 Å². The molecule has 2 amide bonds. The molecular weight excluding hydrogens is 433 g/mol. The molecule has 3 N–H and O–H groups in total. The highest BCUT2D eigenvalue weighted by molar-refractivity contribution is 7.16. The Labute approximate surface area is 178 Å². The molecule has 7 nitrogen and oxygen atoms in total. The molecule has 0 aliphatic rings. The summed E-state index contributed by atoms with van der Waals surface area (Å²) in [5, 5.41) is 13.3. The number of amides is 2. The second-order valence-electron chi connectivity index (χ2n) is 6.12. The molecule has 3 aromatic rings. The molecule has 158 valence electrons. The van der Waals surface area contributed by atoms with E-state index < -0.39 is 23.7 Å². The maximum Gasteiger partial charge on any atom is 0.416 e. The first-order valence-corrected chi connectivity index (χ1v) is 9.36. The summed E-state index contributed by atoms with van der Waals surface area (Å²) in [6.07, 6.45) is -3.41. The van der Waals surface area contributed by atoms with E-state index in [9.17, 15) is 22.8 Å². The molecule has 2 aromatic heterocycles. The van der Waals surface area contributed by atoms with E-state index in [0.29, 0.717) is 10.4 Å². The number of carboxylic acid groups (broad SMARTS) is 1. The van der Waals surface area contributed by atoms with Crippen LogP contribution in [-0.4, -0.2) is 27.1 Å². The van der Waals surface area contributed by atoms with Gasteiger partial charge in [0.2, 0.25) is 0 Å². The molecule has 0 saturated carbocycles. The molecule has 0 spiro atoms. The van der Waals surface area contributed by atoms with Gasteiger partial charge < -0.3 is 10.4 Å². The largest absolute Gasteiger partial charge is 0.465 e. The highest BCUT2D eigenvalue weighted by Crippen LogP contribution is 2.30. The van der Waals surface area contributed by atoms with Crippen LogP contribution in [-0.2, 0) is 6.18 Å². The van der Waals surface area contributed by atoms with Crippen molar-refractivity contribution in [1.29, 1.82) is 0 Å². The van der Waals surface area contributed by atoms with E-state index in [-0.39, 0.29) is 16.5 Å². The summed E-state index contributed by atoms with van der Waals surface area (Å²) in [5.41, 5.74) is 0.557. The zero-order valence-electron chi connectivity index (χ0n) is 15.7. The fraction of sp³-hybridized carbons (Fsp3) is 0.100. The third-order valence-electron chi connectivity index (χ3n) is 3.87. The lowest BCUT2D eigenvalue weighted by molar-refractivity contribution is -0.137. The van der Waals surface area contributed by atoms with Crippen molar-refractivity contribution in [3.05, 3.63) is 69.9 Å². The van der Waals surface area contributed by atoms with Gasteiger partial charge >= 0.3 is 12.3 Å². The molecule has 31 heavy (non-hydrogen) atoms. The molecule has 2 heterocycles. The normalized spacial score (nSPS) is 10.7. The fourth-order valence-corrected chi connectivity index (χ4v) is 3.03. The number of benzene rings is 1. The van der Waals surface area contributed by atoms with E-state index in [4.69, 9.17) is 5.11 Å². The van der Waals surface area contributed by atoms with E-state index in [1.54, 1.807) is 13.0 Å². The Morgan fingerprint density at radius 3 is 2.58 bits per heavy atom. The Bertz CT molecular complexity index is 1210. The third kappa shape index (κ3) is 5.80. The molecule has 0 radical (unpaired) electrons. The number of hydrogen-bond donors (Lipinski definition) is 3. The smallest absolute Gasteiger partial charge is 0.416 e. The number of nitrogens with zero attached hydrogens (tertiary/aromatic N) is 2. The maximum atomic E-state index is 12.8. The third-order valence-corrected chi connectivity index (χ3v) is 4.70. The van der Waals surface area contributed by atoms with Crippen molar-refractivity contribution in [2.24, 2.45) is 0 Å². The van der Waals surface area contributed by atoms with Crippen molar-refractivity contribution in [3.63, 3.8) is 0 Å². The predicted octanol–water partition coefficient (Wildman–Crippen LogP) is 4.61. The number of aryl methyl sites for hydroxylation is 1. The number of carbonyl (C=O) groups excluding carboxylic acids is 1. The summed E-state index contributed by atoms with van der Waals surface area (Å²) in [4.78, 5) is 31.2. The number of rotatable bonds is 3. The quantitative estimate of drug-likeness (QED) is 0.510. The predicted molar refractivity (Wildman–Crippen MR) is 108 cm³/mol. The van der Waals surface area contributed by atoms with Crippen LogP contribution in [0, 0.1) is 18.8 Å². The van der Waals surface area contributed by atoms with Gasteiger partial charge in [0.15, 0.2) is 5.13 Å². The first kappa shape index (κ1) is 21.8. The second kappa shape index (κ2) is 8.85. The van der Waals surface area contributed by atoms with Gasteiger partial charge in [-0.15, -0.1) is 0 Å². The van der Waals surface area contributed by atoms with Crippen LogP contribution in [0.2, 0.25) is 0 Å². The van der Waals surface area contributed by atoms with Crippen LogP contribution in [0.25, 0.3) is 0 Å². The zero-order valence-corrected chi connectivity index (χ0v) is 16.6. The molecule has 0 aliphatic heterocycles. The zero-order chi connectivity index (χ0) is 22.6. The number of hydrogen-bond acceptors (Lipinski definition) is 5. The number of alkyl halides is 3. The lowest BCUT2D eigenvalue weighted by Gasteiger charge is -2.09. The number of nitrogens with one attached hydrogen (secondary N) is 2. The summed E-state index contributed by atoms with van der Waals surface area (Å²) in [7, 11) is 0. The Morgan fingerprint density at radius 2 is 1.87 bits per heavy atom. The van der Waals surface area contributed by atoms with Gasteiger partial charge in [0.25, 0.3) is 5.91 Å². The SMILES string of the molecule is Cc1ccc(C(=O)Nc2cc(C(F)(F)F)ccn2)cc1C#Cc1cnc(NC(=O)O)s1.